The first kappa shape index (κ1) is 16.8. The fourth-order valence-electron chi connectivity index (χ4n) is 3.65. The summed E-state index contributed by atoms with van der Waals surface area (Å²) in [7, 11) is 0. The number of likely N-dealkylation sites (tertiary alicyclic amines) is 1. The highest BCUT2D eigenvalue weighted by Gasteiger charge is 2.30. The van der Waals surface area contributed by atoms with Gasteiger partial charge in [0, 0.05) is 19.2 Å². The molecule has 1 atom stereocenters. The molecule has 1 saturated carbocycles. The Kier molecular flexibility index (Phi) is 5.37. The van der Waals surface area contributed by atoms with Gasteiger partial charge in [0.2, 0.25) is 5.91 Å². The van der Waals surface area contributed by atoms with Crippen LogP contribution in [-0.4, -0.2) is 46.4 Å². The lowest BCUT2D eigenvalue weighted by Crippen LogP contribution is -2.44. The quantitative estimate of drug-likeness (QED) is 0.918. The van der Waals surface area contributed by atoms with E-state index in [-0.39, 0.29) is 17.9 Å². The number of hydrogen-bond donors (Lipinski definition) is 1. The van der Waals surface area contributed by atoms with Crippen molar-refractivity contribution in [3.05, 3.63) is 12.3 Å². The lowest BCUT2D eigenvalue weighted by molar-refractivity contribution is -0.121. The summed E-state index contributed by atoms with van der Waals surface area (Å²) in [5, 5.41) is 7.39. The number of amides is 2. The van der Waals surface area contributed by atoms with Crippen molar-refractivity contribution in [2.24, 2.45) is 5.92 Å². The Morgan fingerprint density at radius 3 is 2.83 bits per heavy atom. The van der Waals surface area contributed by atoms with Gasteiger partial charge >= 0.3 is 6.09 Å². The average Bonchev–Trinajstić information content (AvgIpc) is 3.26. The number of nitrogens with zero attached hydrogens (tertiary/aromatic N) is 3. The van der Waals surface area contributed by atoms with Crippen LogP contribution in [0.25, 0.3) is 0 Å². The summed E-state index contributed by atoms with van der Waals surface area (Å²) in [5.41, 5.74) is 0. The maximum absolute atomic E-state index is 12.6. The number of piperidine rings is 1. The van der Waals surface area contributed by atoms with Gasteiger partial charge in [0.25, 0.3) is 0 Å². The van der Waals surface area contributed by atoms with Crippen molar-refractivity contribution in [2.45, 2.75) is 51.5 Å². The van der Waals surface area contributed by atoms with E-state index < -0.39 is 0 Å². The van der Waals surface area contributed by atoms with Crippen molar-refractivity contribution in [1.29, 1.82) is 0 Å². The van der Waals surface area contributed by atoms with Crippen molar-refractivity contribution in [3.63, 3.8) is 0 Å². The molecule has 1 N–H and O–H groups in total. The van der Waals surface area contributed by atoms with Crippen molar-refractivity contribution in [1.82, 2.24) is 14.7 Å². The van der Waals surface area contributed by atoms with Crippen molar-refractivity contribution >= 4 is 17.8 Å². The van der Waals surface area contributed by atoms with E-state index in [0.717, 1.165) is 31.5 Å². The molecule has 1 aliphatic heterocycles. The lowest BCUT2D eigenvalue weighted by Gasteiger charge is -2.31. The van der Waals surface area contributed by atoms with Crippen LogP contribution in [0.1, 0.15) is 51.5 Å². The number of aromatic nitrogens is 2. The number of carbonyl (C=O) groups excluding carboxylic acids is 2. The van der Waals surface area contributed by atoms with Crippen LogP contribution in [0.5, 0.6) is 0 Å². The van der Waals surface area contributed by atoms with Crippen molar-refractivity contribution in [2.75, 3.05) is 25.0 Å². The molecule has 2 fully saturated rings. The number of carbonyl (C=O) groups is 2. The fourth-order valence-corrected chi connectivity index (χ4v) is 3.65. The molecule has 1 unspecified atom stereocenters. The van der Waals surface area contributed by atoms with Gasteiger partial charge in [0.1, 0.15) is 5.82 Å². The zero-order valence-corrected chi connectivity index (χ0v) is 14.2. The summed E-state index contributed by atoms with van der Waals surface area (Å²) in [4.78, 5) is 26.1. The van der Waals surface area contributed by atoms with Gasteiger partial charge in [-0.15, -0.1) is 0 Å². The van der Waals surface area contributed by atoms with Gasteiger partial charge in [0.05, 0.1) is 24.8 Å². The smallest absolute Gasteiger partial charge is 0.409 e. The molecule has 132 valence electrons. The Hall–Kier alpha value is -2.05. The summed E-state index contributed by atoms with van der Waals surface area (Å²) < 4.78 is 6.98. The summed E-state index contributed by atoms with van der Waals surface area (Å²) >= 11 is 0. The highest BCUT2D eigenvalue weighted by Crippen LogP contribution is 2.31. The zero-order valence-electron chi connectivity index (χ0n) is 14.2. The Morgan fingerprint density at radius 2 is 2.08 bits per heavy atom. The number of nitrogens with one attached hydrogen (secondary N) is 1. The minimum Gasteiger partial charge on any atom is -0.450 e. The first-order valence-corrected chi connectivity index (χ1v) is 8.95. The molecule has 2 heterocycles. The predicted octanol–water partition coefficient (Wildman–Crippen LogP) is 2.81. The molecule has 1 saturated heterocycles. The molecule has 1 aromatic rings. The van der Waals surface area contributed by atoms with E-state index in [1.165, 1.54) is 12.8 Å². The van der Waals surface area contributed by atoms with E-state index in [9.17, 15) is 9.59 Å². The second kappa shape index (κ2) is 7.68. The summed E-state index contributed by atoms with van der Waals surface area (Å²) in [5.74, 6) is 0.527. The van der Waals surface area contributed by atoms with Crippen LogP contribution >= 0.6 is 0 Å². The zero-order chi connectivity index (χ0) is 16.9. The molecule has 2 aliphatic rings. The number of rotatable bonds is 4. The predicted molar refractivity (Wildman–Crippen MR) is 89.7 cm³/mol. The van der Waals surface area contributed by atoms with Crippen LogP contribution in [0.3, 0.4) is 0 Å². The molecular weight excluding hydrogens is 308 g/mol. The number of anilines is 1. The molecule has 0 aromatic carbocycles. The molecule has 0 bridgehead atoms. The standard InChI is InChI=1S/C17H26N4O3/c1-2-24-17(23)20-11-5-6-13(12-20)16(22)19-15-9-10-18-21(15)14-7-3-4-8-14/h9-10,13-14H,2-8,11-12H2,1H3,(H,19,22). The maximum Gasteiger partial charge on any atom is 0.409 e. The number of ether oxygens (including phenoxy) is 1. The molecule has 3 rings (SSSR count). The minimum absolute atomic E-state index is 0.0382. The third kappa shape index (κ3) is 3.71. The van der Waals surface area contributed by atoms with E-state index >= 15 is 0 Å². The molecule has 7 heteroatoms. The fraction of sp³-hybridized carbons (Fsp3) is 0.706. The summed E-state index contributed by atoms with van der Waals surface area (Å²) in [6.07, 6.45) is 7.68. The van der Waals surface area contributed by atoms with Gasteiger partial charge < -0.3 is 15.0 Å². The highest BCUT2D eigenvalue weighted by molar-refractivity contribution is 5.92. The van der Waals surface area contributed by atoms with E-state index in [2.05, 4.69) is 10.4 Å². The molecule has 1 aliphatic carbocycles. The number of hydrogen-bond acceptors (Lipinski definition) is 4. The normalized spacial score (nSPS) is 21.7. The minimum atomic E-state index is -0.328. The van der Waals surface area contributed by atoms with Gasteiger partial charge in [-0.3, -0.25) is 4.79 Å². The van der Waals surface area contributed by atoms with Gasteiger partial charge in [-0.05, 0) is 32.6 Å². The molecule has 7 nitrogen and oxygen atoms in total. The molecular formula is C17H26N4O3. The molecule has 1 aromatic heterocycles. The van der Waals surface area contributed by atoms with Crippen LogP contribution in [-0.2, 0) is 9.53 Å². The van der Waals surface area contributed by atoms with Gasteiger partial charge in [-0.25, -0.2) is 9.48 Å². The Morgan fingerprint density at radius 1 is 1.29 bits per heavy atom. The van der Waals surface area contributed by atoms with E-state index in [0.29, 0.717) is 25.7 Å². The topological polar surface area (TPSA) is 76.5 Å². The SMILES string of the molecule is CCOC(=O)N1CCCC(C(=O)Nc2ccnn2C2CCCC2)C1. The molecule has 0 spiro atoms. The third-order valence-electron chi connectivity index (χ3n) is 4.91. The Labute approximate surface area is 142 Å². The van der Waals surface area contributed by atoms with Crippen LogP contribution in [0.2, 0.25) is 0 Å². The second-order valence-corrected chi connectivity index (χ2v) is 6.57. The van der Waals surface area contributed by atoms with Crippen LogP contribution in [0, 0.1) is 5.92 Å². The van der Waals surface area contributed by atoms with Gasteiger partial charge in [0.15, 0.2) is 0 Å². The van der Waals surface area contributed by atoms with Crippen LogP contribution in [0.15, 0.2) is 12.3 Å². The molecule has 0 radical (unpaired) electrons. The highest BCUT2D eigenvalue weighted by atomic mass is 16.6. The second-order valence-electron chi connectivity index (χ2n) is 6.57. The molecule has 24 heavy (non-hydrogen) atoms. The van der Waals surface area contributed by atoms with Crippen molar-refractivity contribution in [3.8, 4) is 0 Å². The van der Waals surface area contributed by atoms with E-state index in [4.69, 9.17) is 4.74 Å². The van der Waals surface area contributed by atoms with E-state index in [1.807, 2.05) is 10.7 Å². The van der Waals surface area contributed by atoms with Gasteiger partial charge in [-0.2, -0.15) is 5.10 Å². The first-order valence-electron chi connectivity index (χ1n) is 8.95. The summed E-state index contributed by atoms with van der Waals surface area (Å²) in [6.45, 7) is 3.22. The van der Waals surface area contributed by atoms with Crippen molar-refractivity contribution < 1.29 is 14.3 Å². The van der Waals surface area contributed by atoms with Crippen LogP contribution in [0.4, 0.5) is 10.6 Å². The Bertz CT molecular complexity index is 580. The van der Waals surface area contributed by atoms with E-state index in [1.54, 1.807) is 18.0 Å². The largest absolute Gasteiger partial charge is 0.450 e. The maximum atomic E-state index is 12.6. The Balaban J connectivity index is 1.60. The average molecular weight is 334 g/mol. The summed E-state index contributed by atoms with van der Waals surface area (Å²) in [6, 6.07) is 2.24. The third-order valence-corrected chi connectivity index (χ3v) is 4.91. The van der Waals surface area contributed by atoms with Crippen LogP contribution < -0.4 is 5.32 Å². The van der Waals surface area contributed by atoms with Gasteiger partial charge in [-0.1, -0.05) is 12.8 Å². The lowest BCUT2D eigenvalue weighted by atomic mass is 9.97. The monoisotopic (exact) mass is 334 g/mol. The molecule has 2 amide bonds. The first-order chi connectivity index (χ1) is 11.7.